The Bertz CT molecular complexity index is 1150. The largest absolute Gasteiger partial charge is 0.359 e. The molecular formula is C24H21N3O. The summed E-state index contributed by atoms with van der Waals surface area (Å²) in [6, 6.07) is 24.9. The lowest BCUT2D eigenvalue weighted by molar-refractivity contribution is 0.206. The van der Waals surface area contributed by atoms with Gasteiger partial charge in [-0.25, -0.2) is 4.79 Å². The average molecular weight is 367 g/mol. The van der Waals surface area contributed by atoms with Crippen molar-refractivity contribution in [2.45, 2.75) is 13.0 Å². The summed E-state index contributed by atoms with van der Waals surface area (Å²) < 4.78 is 0. The first-order valence-corrected chi connectivity index (χ1v) is 9.57. The molecule has 4 aromatic rings. The second-order valence-electron chi connectivity index (χ2n) is 7.20. The van der Waals surface area contributed by atoms with E-state index in [2.05, 4.69) is 52.8 Å². The summed E-state index contributed by atoms with van der Waals surface area (Å²) in [7, 11) is 0. The van der Waals surface area contributed by atoms with E-state index in [0.717, 1.165) is 29.6 Å². The Morgan fingerprint density at radius 1 is 0.893 bits per heavy atom. The smallest absolute Gasteiger partial charge is 0.322 e. The number of anilines is 1. The van der Waals surface area contributed by atoms with Crippen LogP contribution >= 0.6 is 0 Å². The fraction of sp³-hybridized carbons (Fsp3) is 0.125. The molecule has 5 rings (SSSR count). The molecule has 138 valence electrons. The highest BCUT2D eigenvalue weighted by Gasteiger charge is 2.21. The lowest BCUT2D eigenvalue weighted by atomic mass is 9.95. The summed E-state index contributed by atoms with van der Waals surface area (Å²) in [4.78, 5) is 18.0. The molecule has 1 aromatic heterocycles. The minimum atomic E-state index is -0.0551. The molecule has 0 atom stereocenters. The van der Waals surface area contributed by atoms with Crippen LogP contribution < -0.4 is 5.32 Å². The van der Waals surface area contributed by atoms with E-state index < -0.39 is 0 Å². The molecule has 2 amide bonds. The lowest BCUT2D eigenvalue weighted by Gasteiger charge is -2.29. The molecule has 2 N–H and O–H groups in total. The summed E-state index contributed by atoms with van der Waals surface area (Å²) in [6.07, 6.45) is 2.74. The Hall–Kier alpha value is -3.53. The predicted molar refractivity (Wildman–Crippen MR) is 113 cm³/mol. The third-order valence-corrected chi connectivity index (χ3v) is 5.44. The maximum atomic E-state index is 12.9. The van der Waals surface area contributed by atoms with Gasteiger partial charge in [-0.2, -0.15) is 0 Å². The summed E-state index contributed by atoms with van der Waals surface area (Å²) in [5.74, 6) is 0. The third-order valence-electron chi connectivity index (χ3n) is 5.44. The average Bonchev–Trinajstić information content (AvgIpc) is 3.16. The zero-order valence-electron chi connectivity index (χ0n) is 15.5. The van der Waals surface area contributed by atoms with Crippen molar-refractivity contribution in [3.8, 4) is 11.1 Å². The highest BCUT2D eigenvalue weighted by atomic mass is 16.2. The van der Waals surface area contributed by atoms with Crippen molar-refractivity contribution < 1.29 is 4.79 Å². The Kier molecular flexibility index (Phi) is 4.09. The van der Waals surface area contributed by atoms with Gasteiger partial charge in [0, 0.05) is 30.2 Å². The van der Waals surface area contributed by atoms with Gasteiger partial charge in [-0.1, -0.05) is 60.7 Å². The number of aromatic nitrogens is 1. The molecule has 0 saturated heterocycles. The van der Waals surface area contributed by atoms with E-state index in [1.165, 1.54) is 22.3 Å². The van der Waals surface area contributed by atoms with Crippen molar-refractivity contribution in [1.82, 2.24) is 9.88 Å². The van der Waals surface area contributed by atoms with Gasteiger partial charge in [0.2, 0.25) is 0 Å². The SMILES string of the molecule is O=C(Nc1c[nH]c2ccccc12)N1CCc2ccc(-c3ccccc3)cc2C1. The van der Waals surface area contributed by atoms with Gasteiger partial charge in [-0.3, -0.25) is 0 Å². The maximum Gasteiger partial charge on any atom is 0.322 e. The molecule has 0 aliphatic carbocycles. The van der Waals surface area contributed by atoms with Crippen molar-refractivity contribution in [3.05, 3.63) is 90.1 Å². The number of urea groups is 1. The van der Waals surface area contributed by atoms with Crippen LogP contribution in [0.2, 0.25) is 0 Å². The van der Waals surface area contributed by atoms with E-state index in [1.54, 1.807) is 0 Å². The second kappa shape index (κ2) is 6.89. The van der Waals surface area contributed by atoms with E-state index in [0.29, 0.717) is 6.54 Å². The lowest BCUT2D eigenvalue weighted by Crippen LogP contribution is -2.38. The number of hydrogen-bond acceptors (Lipinski definition) is 1. The van der Waals surface area contributed by atoms with E-state index in [-0.39, 0.29) is 6.03 Å². The van der Waals surface area contributed by atoms with E-state index >= 15 is 0 Å². The third kappa shape index (κ3) is 3.03. The van der Waals surface area contributed by atoms with Crippen molar-refractivity contribution in [1.29, 1.82) is 0 Å². The molecule has 3 aromatic carbocycles. The Morgan fingerprint density at radius 2 is 1.71 bits per heavy atom. The molecular weight excluding hydrogens is 346 g/mol. The minimum absolute atomic E-state index is 0.0551. The van der Waals surface area contributed by atoms with Crippen LogP contribution in [0.5, 0.6) is 0 Å². The maximum absolute atomic E-state index is 12.9. The predicted octanol–water partition coefficient (Wildman–Crippen LogP) is 5.43. The van der Waals surface area contributed by atoms with E-state index in [1.807, 2.05) is 41.4 Å². The summed E-state index contributed by atoms with van der Waals surface area (Å²) in [6.45, 7) is 1.36. The number of rotatable bonds is 2. The number of nitrogens with one attached hydrogen (secondary N) is 2. The number of para-hydroxylation sites is 1. The first-order valence-electron chi connectivity index (χ1n) is 9.57. The van der Waals surface area contributed by atoms with Crippen LogP contribution in [0.1, 0.15) is 11.1 Å². The van der Waals surface area contributed by atoms with Crippen LogP contribution in [0, 0.1) is 0 Å². The Morgan fingerprint density at radius 3 is 2.61 bits per heavy atom. The first-order chi connectivity index (χ1) is 13.8. The van der Waals surface area contributed by atoms with Crippen LogP contribution in [0.15, 0.2) is 79.0 Å². The number of hydrogen-bond donors (Lipinski definition) is 2. The van der Waals surface area contributed by atoms with Gasteiger partial charge in [-0.15, -0.1) is 0 Å². The molecule has 0 unspecified atom stereocenters. The number of amides is 2. The van der Waals surface area contributed by atoms with Crippen LogP contribution in [-0.4, -0.2) is 22.5 Å². The van der Waals surface area contributed by atoms with Crippen molar-refractivity contribution in [2.24, 2.45) is 0 Å². The van der Waals surface area contributed by atoms with Crippen molar-refractivity contribution in [2.75, 3.05) is 11.9 Å². The van der Waals surface area contributed by atoms with E-state index in [9.17, 15) is 4.79 Å². The monoisotopic (exact) mass is 367 g/mol. The minimum Gasteiger partial charge on any atom is -0.359 e. The molecule has 28 heavy (non-hydrogen) atoms. The van der Waals surface area contributed by atoms with E-state index in [4.69, 9.17) is 0 Å². The number of benzene rings is 3. The molecule has 4 nitrogen and oxygen atoms in total. The van der Waals surface area contributed by atoms with Gasteiger partial charge >= 0.3 is 6.03 Å². The molecule has 4 heteroatoms. The quantitative estimate of drug-likeness (QED) is 0.488. The standard InChI is InChI=1S/C24H21N3O/c28-24(26-23-15-25-22-9-5-4-8-21(22)23)27-13-12-18-10-11-19(14-20(18)16-27)17-6-2-1-3-7-17/h1-11,14-15,25H,12-13,16H2,(H,26,28). The number of fused-ring (bicyclic) bond motifs is 2. The molecule has 0 fully saturated rings. The summed E-state index contributed by atoms with van der Waals surface area (Å²) in [5, 5.41) is 4.09. The van der Waals surface area contributed by atoms with Crippen LogP contribution in [0.25, 0.3) is 22.0 Å². The summed E-state index contributed by atoms with van der Waals surface area (Å²) >= 11 is 0. The molecule has 1 aliphatic heterocycles. The summed E-state index contributed by atoms with van der Waals surface area (Å²) in [5.41, 5.74) is 6.79. The van der Waals surface area contributed by atoms with Gasteiger partial charge in [0.1, 0.15) is 0 Å². The Balaban J connectivity index is 1.37. The highest BCUT2D eigenvalue weighted by molar-refractivity contribution is 6.01. The molecule has 2 heterocycles. The molecule has 0 bridgehead atoms. The Labute approximate surface area is 163 Å². The fourth-order valence-corrected chi connectivity index (χ4v) is 3.91. The fourth-order valence-electron chi connectivity index (χ4n) is 3.91. The number of carbonyl (C=O) groups is 1. The number of H-pyrrole nitrogens is 1. The molecule has 0 saturated carbocycles. The second-order valence-corrected chi connectivity index (χ2v) is 7.20. The van der Waals surface area contributed by atoms with Gasteiger partial charge in [-0.05, 0) is 40.8 Å². The molecule has 1 aliphatic rings. The number of aromatic amines is 1. The topological polar surface area (TPSA) is 48.1 Å². The van der Waals surface area contributed by atoms with Crippen molar-refractivity contribution in [3.63, 3.8) is 0 Å². The number of carbonyl (C=O) groups excluding carboxylic acids is 1. The highest BCUT2D eigenvalue weighted by Crippen LogP contribution is 2.27. The van der Waals surface area contributed by atoms with Gasteiger partial charge in [0.25, 0.3) is 0 Å². The normalized spacial score (nSPS) is 13.4. The van der Waals surface area contributed by atoms with Gasteiger partial charge < -0.3 is 15.2 Å². The van der Waals surface area contributed by atoms with Crippen LogP contribution in [0.3, 0.4) is 0 Å². The van der Waals surface area contributed by atoms with Gasteiger partial charge in [0.15, 0.2) is 0 Å². The zero-order chi connectivity index (χ0) is 18.9. The zero-order valence-corrected chi connectivity index (χ0v) is 15.5. The van der Waals surface area contributed by atoms with Crippen LogP contribution in [-0.2, 0) is 13.0 Å². The molecule has 0 spiro atoms. The first kappa shape index (κ1) is 16.6. The molecule has 0 radical (unpaired) electrons. The number of nitrogens with zero attached hydrogens (tertiary/aromatic N) is 1. The van der Waals surface area contributed by atoms with Gasteiger partial charge in [0.05, 0.1) is 5.69 Å². The van der Waals surface area contributed by atoms with Crippen LogP contribution in [0.4, 0.5) is 10.5 Å². The van der Waals surface area contributed by atoms with Crippen molar-refractivity contribution >= 4 is 22.6 Å².